The molecule has 3 rings (SSSR count). The van der Waals surface area contributed by atoms with Gasteiger partial charge in [0.05, 0.1) is 6.54 Å². The average molecular weight is 238 g/mol. The molecular weight excluding hydrogens is 220 g/mol. The van der Waals surface area contributed by atoms with Gasteiger partial charge in [-0.1, -0.05) is 11.3 Å². The molecule has 0 bridgehead atoms. The van der Waals surface area contributed by atoms with Crippen LogP contribution in [0.2, 0.25) is 0 Å². The number of rotatable bonds is 6. The first kappa shape index (κ1) is 10.5. The molecule has 0 saturated heterocycles. The summed E-state index contributed by atoms with van der Waals surface area (Å²) in [6, 6.07) is 0. The first-order valence-electron chi connectivity index (χ1n) is 6.10. The number of nitrogen functional groups attached to an aromatic ring is 1. The van der Waals surface area contributed by atoms with Crippen molar-refractivity contribution < 1.29 is 0 Å². The van der Waals surface area contributed by atoms with Crippen molar-refractivity contribution in [3.63, 3.8) is 0 Å². The van der Waals surface area contributed by atoms with Crippen LogP contribution >= 0.6 is 11.3 Å². The van der Waals surface area contributed by atoms with Crippen LogP contribution in [0.3, 0.4) is 0 Å². The highest BCUT2D eigenvalue weighted by atomic mass is 32.1. The molecule has 0 atom stereocenters. The predicted octanol–water partition coefficient (Wildman–Crippen LogP) is 1.74. The van der Waals surface area contributed by atoms with E-state index in [1.54, 1.807) is 0 Å². The smallest absolute Gasteiger partial charge is 0.203 e. The maximum atomic E-state index is 5.61. The topological polar surface area (TPSA) is 55.0 Å². The Bertz CT molecular complexity index is 343. The van der Waals surface area contributed by atoms with E-state index in [4.69, 9.17) is 5.73 Å². The van der Waals surface area contributed by atoms with Crippen LogP contribution in [0.15, 0.2) is 0 Å². The summed E-state index contributed by atoms with van der Waals surface area (Å²) in [5.74, 6) is 1.90. The summed E-state index contributed by atoms with van der Waals surface area (Å²) in [5.41, 5.74) is 5.61. The maximum Gasteiger partial charge on any atom is 0.203 e. The monoisotopic (exact) mass is 238 g/mol. The molecule has 2 N–H and O–H groups in total. The maximum absolute atomic E-state index is 5.61. The van der Waals surface area contributed by atoms with Crippen molar-refractivity contribution >= 4 is 16.5 Å². The third-order valence-corrected chi connectivity index (χ3v) is 4.01. The normalized spacial score (nSPS) is 20.6. The molecule has 0 aliphatic heterocycles. The van der Waals surface area contributed by atoms with Gasteiger partial charge in [-0.2, -0.15) is 0 Å². The molecule has 2 saturated carbocycles. The fourth-order valence-corrected chi connectivity index (χ4v) is 2.71. The van der Waals surface area contributed by atoms with Crippen molar-refractivity contribution in [1.82, 2.24) is 15.1 Å². The Balaban J connectivity index is 1.57. The molecule has 0 radical (unpaired) electrons. The summed E-state index contributed by atoms with van der Waals surface area (Å²) in [6.45, 7) is 3.44. The molecule has 0 unspecified atom stereocenters. The third-order valence-electron chi connectivity index (χ3n) is 3.27. The standard InChI is InChI=1S/C11H18N4S/c12-11-14-13-10(16-11)7-15(5-8-1-2-8)6-9-3-4-9/h8-9H,1-7H2,(H2,12,14). The molecule has 0 spiro atoms. The molecule has 2 aliphatic carbocycles. The lowest BCUT2D eigenvalue weighted by molar-refractivity contribution is 0.243. The van der Waals surface area contributed by atoms with Gasteiger partial charge in [-0.15, -0.1) is 10.2 Å². The van der Waals surface area contributed by atoms with Crippen molar-refractivity contribution in [3.05, 3.63) is 5.01 Å². The van der Waals surface area contributed by atoms with E-state index >= 15 is 0 Å². The largest absolute Gasteiger partial charge is 0.374 e. The Morgan fingerprint density at radius 2 is 1.75 bits per heavy atom. The molecule has 0 amide bonds. The first-order valence-corrected chi connectivity index (χ1v) is 6.91. The van der Waals surface area contributed by atoms with Gasteiger partial charge in [0.2, 0.25) is 5.13 Å². The quantitative estimate of drug-likeness (QED) is 0.820. The van der Waals surface area contributed by atoms with Gasteiger partial charge in [0.25, 0.3) is 0 Å². The minimum atomic E-state index is 0.591. The van der Waals surface area contributed by atoms with Crippen LogP contribution in [-0.4, -0.2) is 28.2 Å². The minimum absolute atomic E-state index is 0.591. The van der Waals surface area contributed by atoms with E-state index in [0.717, 1.165) is 23.4 Å². The van der Waals surface area contributed by atoms with Gasteiger partial charge in [-0.05, 0) is 37.5 Å². The number of nitrogens with two attached hydrogens (primary N) is 1. The summed E-state index contributed by atoms with van der Waals surface area (Å²) in [4.78, 5) is 2.55. The summed E-state index contributed by atoms with van der Waals surface area (Å²) in [7, 11) is 0. The van der Waals surface area contributed by atoms with Crippen LogP contribution < -0.4 is 5.73 Å². The molecule has 1 aromatic rings. The van der Waals surface area contributed by atoms with E-state index in [2.05, 4.69) is 15.1 Å². The summed E-state index contributed by atoms with van der Waals surface area (Å²) in [5, 5.41) is 9.65. The molecule has 1 heterocycles. The highest BCUT2D eigenvalue weighted by molar-refractivity contribution is 7.15. The fourth-order valence-electron chi connectivity index (χ4n) is 2.06. The Morgan fingerprint density at radius 1 is 1.12 bits per heavy atom. The first-order chi connectivity index (χ1) is 7.79. The lowest BCUT2D eigenvalue weighted by Gasteiger charge is -2.20. The lowest BCUT2D eigenvalue weighted by Crippen LogP contribution is -2.27. The van der Waals surface area contributed by atoms with Crippen LogP contribution in [0.25, 0.3) is 0 Å². The number of nitrogens with zero attached hydrogens (tertiary/aromatic N) is 3. The van der Waals surface area contributed by atoms with E-state index in [9.17, 15) is 0 Å². The highest BCUT2D eigenvalue weighted by Crippen LogP contribution is 2.34. The van der Waals surface area contributed by atoms with Gasteiger partial charge in [0, 0.05) is 13.1 Å². The van der Waals surface area contributed by atoms with Crippen molar-refractivity contribution in [2.75, 3.05) is 18.8 Å². The number of aromatic nitrogens is 2. The van der Waals surface area contributed by atoms with Crippen LogP contribution in [-0.2, 0) is 6.54 Å². The second-order valence-electron chi connectivity index (χ2n) is 5.11. The van der Waals surface area contributed by atoms with E-state index in [0.29, 0.717) is 5.13 Å². The molecule has 88 valence electrons. The predicted molar refractivity (Wildman–Crippen MR) is 65.0 cm³/mol. The molecule has 1 aromatic heterocycles. The van der Waals surface area contributed by atoms with Gasteiger partial charge in [-0.3, -0.25) is 4.90 Å². The average Bonchev–Trinajstić information content (AvgIpc) is 3.13. The van der Waals surface area contributed by atoms with E-state index in [1.165, 1.54) is 50.1 Å². The molecule has 0 aromatic carbocycles. The van der Waals surface area contributed by atoms with Crippen molar-refractivity contribution in [3.8, 4) is 0 Å². The van der Waals surface area contributed by atoms with Gasteiger partial charge in [-0.25, -0.2) is 0 Å². The summed E-state index contributed by atoms with van der Waals surface area (Å²) < 4.78 is 0. The van der Waals surface area contributed by atoms with Crippen LogP contribution in [0.5, 0.6) is 0 Å². The molecule has 16 heavy (non-hydrogen) atoms. The SMILES string of the molecule is Nc1nnc(CN(CC2CC2)CC2CC2)s1. The third kappa shape index (κ3) is 2.92. The number of hydrogen-bond acceptors (Lipinski definition) is 5. The zero-order valence-electron chi connectivity index (χ0n) is 9.43. The number of hydrogen-bond donors (Lipinski definition) is 1. The summed E-state index contributed by atoms with van der Waals surface area (Å²) in [6.07, 6.45) is 5.66. The van der Waals surface area contributed by atoms with Gasteiger partial charge < -0.3 is 5.73 Å². The number of anilines is 1. The van der Waals surface area contributed by atoms with Crippen LogP contribution in [0.4, 0.5) is 5.13 Å². The molecule has 4 nitrogen and oxygen atoms in total. The van der Waals surface area contributed by atoms with Crippen molar-refractivity contribution in [2.24, 2.45) is 11.8 Å². The zero-order valence-corrected chi connectivity index (χ0v) is 10.2. The Hall–Kier alpha value is -0.680. The Morgan fingerprint density at radius 3 is 2.19 bits per heavy atom. The zero-order chi connectivity index (χ0) is 11.0. The molecule has 5 heteroatoms. The molecule has 2 aliphatic rings. The molecular formula is C11H18N4S. The fraction of sp³-hybridized carbons (Fsp3) is 0.818. The Labute approximate surface area is 99.9 Å². The van der Waals surface area contributed by atoms with E-state index < -0.39 is 0 Å². The molecule has 2 fully saturated rings. The second kappa shape index (κ2) is 4.30. The Kier molecular flexibility index (Phi) is 2.81. The van der Waals surface area contributed by atoms with Crippen molar-refractivity contribution in [2.45, 2.75) is 32.2 Å². The summed E-state index contributed by atoms with van der Waals surface area (Å²) >= 11 is 1.52. The van der Waals surface area contributed by atoms with Gasteiger partial charge >= 0.3 is 0 Å². The lowest BCUT2D eigenvalue weighted by atomic mass is 10.3. The van der Waals surface area contributed by atoms with E-state index in [1.807, 2.05) is 0 Å². The van der Waals surface area contributed by atoms with Gasteiger partial charge in [0.15, 0.2) is 0 Å². The van der Waals surface area contributed by atoms with Crippen LogP contribution in [0.1, 0.15) is 30.7 Å². The minimum Gasteiger partial charge on any atom is -0.374 e. The van der Waals surface area contributed by atoms with Crippen LogP contribution in [0, 0.1) is 11.8 Å². The van der Waals surface area contributed by atoms with Gasteiger partial charge in [0.1, 0.15) is 5.01 Å². The van der Waals surface area contributed by atoms with E-state index in [-0.39, 0.29) is 0 Å². The van der Waals surface area contributed by atoms with Crippen molar-refractivity contribution in [1.29, 1.82) is 0 Å². The highest BCUT2D eigenvalue weighted by Gasteiger charge is 2.29. The second-order valence-corrected chi connectivity index (χ2v) is 6.21.